The lowest BCUT2D eigenvalue weighted by atomic mass is 10.1. The fraction of sp³-hybridized carbons (Fsp3) is 0.231. The number of nitrogens with zero attached hydrogens (tertiary/aromatic N) is 2. The number of hydrogen-bond donors (Lipinski definition) is 1. The van der Waals surface area contributed by atoms with E-state index in [0.717, 1.165) is 26.2 Å². The van der Waals surface area contributed by atoms with Gasteiger partial charge in [0.25, 0.3) is 0 Å². The van der Waals surface area contributed by atoms with Crippen LogP contribution in [0.5, 0.6) is 0 Å². The van der Waals surface area contributed by atoms with Crippen LogP contribution in [0.3, 0.4) is 0 Å². The number of aliphatic hydroxyl groups is 1. The molecule has 0 fully saturated rings. The molecule has 0 spiro atoms. The SMILES string of the molecule is Cc1nnc(SCc2ccccc2C#CCO)s1. The molecule has 0 aliphatic carbocycles. The summed E-state index contributed by atoms with van der Waals surface area (Å²) >= 11 is 3.25. The molecular weight excluding hydrogens is 264 g/mol. The predicted molar refractivity (Wildman–Crippen MR) is 74.6 cm³/mol. The van der Waals surface area contributed by atoms with Crippen molar-refractivity contribution in [3.63, 3.8) is 0 Å². The molecule has 0 saturated carbocycles. The molecule has 3 nitrogen and oxygen atoms in total. The van der Waals surface area contributed by atoms with Gasteiger partial charge in [0.15, 0.2) is 4.34 Å². The quantitative estimate of drug-likeness (QED) is 0.691. The van der Waals surface area contributed by atoms with E-state index in [9.17, 15) is 0 Å². The minimum atomic E-state index is -0.114. The largest absolute Gasteiger partial charge is 0.384 e. The maximum absolute atomic E-state index is 8.73. The van der Waals surface area contributed by atoms with E-state index in [0.29, 0.717) is 0 Å². The lowest BCUT2D eigenvalue weighted by molar-refractivity contribution is 0.350. The Balaban J connectivity index is 2.09. The highest BCUT2D eigenvalue weighted by atomic mass is 32.2. The van der Waals surface area contributed by atoms with E-state index in [1.165, 1.54) is 0 Å². The van der Waals surface area contributed by atoms with Crippen molar-refractivity contribution in [2.75, 3.05) is 6.61 Å². The van der Waals surface area contributed by atoms with Gasteiger partial charge in [-0.3, -0.25) is 0 Å². The molecule has 0 amide bonds. The van der Waals surface area contributed by atoms with E-state index in [-0.39, 0.29) is 6.61 Å². The Morgan fingerprint density at radius 2 is 2.17 bits per heavy atom. The number of aliphatic hydroxyl groups excluding tert-OH is 1. The molecule has 0 saturated heterocycles. The summed E-state index contributed by atoms with van der Waals surface area (Å²) in [5.74, 6) is 6.45. The first-order chi connectivity index (χ1) is 8.79. The van der Waals surface area contributed by atoms with Crippen molar-refractivity contribution >= 4 is 23.1 Å². The number of benzene rings is 1. The molecule has 2 aromatic rings. The topological polar surface area (TPSA) is 46.0 Å². The first kappa shape index (κ1) is 13.1. The molecule has 1 aromatic heterocycles. The second kappa shape index (κ2) is 6.55. The third-order valence-electron chi connectivity index (χ3n) is 2.18. The average Bonchev–Trinajstić information content (AvgIpc) is 2.81. The van der Waals surface area contributed by atoms with Gasteiger partial charge in [0, 0.05) is 11.3 Å². The van der Waals surface area contributed by atoms with E-state index >= 15 is 0 Å². The fourth-order valence-electron chi connectivity index (χ4n) is 1.38. The molecule has 5 heteroatoms. The van der Waals surface area contributed by atoms with Gasteiger partial charge in [0.2, 0.25) is 0 Å². The Kier molecular flexibility index (Phi) is 4.76. The van der Waals surface area contributed by atoms with Gasteiger partial charge in [-0.2, -0.15) is 0 Å². The summed E-state index contributed by atoms with van der Waals surface area (Å²) in [5.41, 5.74) is 2.11. The number of thioether (sulfide) groups is 1. The Morgan fingerprint density at radius 3 is 2.89 bits per heavy atom. The Morgan fingerprint density at radius 1 is 1.33 bits per heavy atom. The molecule has 0 bridgehead atoms. The number of aromatic nitrogens is 2. The van der Waals surface area contributed by atoms with Crippen LogP contribution in [0.25, 0.3) is 0 Å². The van der Waals surface area contributed by atoms with E-state index in [2.05, 4.69) is 22.0 Å². The summed E-state index contributed by atoms with van der Waals surface area (Å²) in [6.45, 7) is 1.83. The smallest absolute Gasteiger partial charge is 0.174 e. The molecule has 1 heterocycles. The van der Waals surface area contributed by atoms with Crippen molar-refractivity contribution in [3.8, 4) is 11.8 Å². The fourth-order valence-corrected chi connectivity index (χ4v) is 3.20. The number of hydrogen-bond acceptors (Lipinski definition) is 5. The van der Waals surface area contributed by atoms with E-state index in [4.69, 9.17) is 5.11 Å². The summed E-state index contributed by atoms with van der Waals surface area (Å²) in [7, 11) is 0. The molecule has 2 rings (SSSR count). The van der Waals surface area contributed by atoms with Crippen molar-refractivity contribution in [2.24, 2.45) is 0 Å². The third kappa shape index (κ3) is 3.57. The molecule has 0 aliphatic rings. The number of aryl methyl sites for hydroxylation is 1. The summed E-state index contributed by atoms with van der Waals surface area (Å²) in [4.78, 5) is 0. The molecule has 0 unspecified atom stereocenters. The molecule has 0 atom stereocenters. The standard InChI is InChI=1S/C13H12N2OS2/c1-10-14-15-13(18-10)17-9-12-6-3-2-5-11(12)7-4-8-16/h2-3,5-6,16H,8-9H2,1H3. The third-order valence-corrected chi connectivity index (χ3v) is 4.20. The first-order valence-electron chi connectivity index (χ1n) is 5.40. The van der Waals surface area contributed by atoms with Crippen LogP contribution in [0.15, 0.2) is 28.6 Å². The van der Waals surface area contributed by atoms with Crippen LogP contribution in [0.1, 0.15) is 16.1 Å². The van der Waals surface area contributed by atoms with Gasteiger partial charge in [-0.15, -0.1) is 10.2 Å². The highest BCUT2D eigenvalue weighted by Gasteiger charge is 2.04. The van der Waals surface area contributed by atoms with Crippen molar-refractivity contribution in [3.05, 3.63) is 40.4 Å². The molecule has 18 heavy (non-hydrogen) atoms. The van der Waals surface area contributed by atoms with Gasteiger partial charge in [0.05, 0.1) is 0 Å². The van der Waals surface area contributed by atoms with Crippen molar-refractivity contribution in [1.82, 2.24) is 10.2 Å². The van der Waals surface area contributed by atoms with Crippen LogP contribution in [-0.2, 0) is 5.75 Å². The van der Waals surface area contributed by atoms with Crippen LogP contribution in [0, 0.1) is 18.8 Å². The zero-order valence-corrected chi connectivity index (χ0v) is 11.5. The molecule has 0 aliphatic heterocycles. The normalized spacial score (nSPS) is 9.89. The summed E-state index contributed by atoms with van der Waals surface area (Å²) in [5, 5.41) is 17.8. The Bertz CT molecular complexity index is 584. The van der Waals surface area contributed by atoms with Gasteiger partial charge >= 0.3 is 0 Å². The average molecular weight is 276 g/mol. The zero-order valence-electron chi connectivity index (χ0n) is 9.88. The maximum Gasteiger partial charge on any atom is 0.174 e. The first-order valence-corrected chi connectivity index (χ1v) is 7.20. The van der Waals surface area contributed by atoms with Gasteiger partial charge in [-0.1, -0.05) is 53.1 Å². The van der Waals surface area contributed by atoms with E-state index in [1.807, 2.05) is 31.2 Å². The summed E-state index contributed by atoms with van der Waals surface area (Å²) in [6.07, 6.45) is 0. The summed E-state index contributed by atoms with van der Waals surface area (Å²) in [6, 6.07) is 7.95. The Hall–Kier alpha value is -1.35. The monoisotopic (exact) mass is 276 g/mol. The zero-order chi connectivity index (χ0) is 12.8. The molecule has 1 N–H and O–H groups in total. The van der Waals surface area contributed by atoms with E-state index < -0.39 is 0 Å². The Labute approximate surface area is 114 Å². The van der Waals surface area contributed by atoms with Gasteiger partial charge in [-0.05, 0) is 18.6 Å². The highest BCUT2D eigenvalue weighted by molar-refractivity contribution is 8.00. The van der Waals surface area contributed by atoms with Crippen LogP contribution < -0.4 is 0 Å². The van der Waals surface area contributed by atoms with Crippen LogP contribution in [0.2, 0.25) is 0 Å². The van der Waals surface area contributed by atoms with Crippen molar-refractivity contribution < 1.29 is 5.11 Å². The lowest BCUT2D eigenvalue weighted by Crippen LogP contribution is -1.87. The van der Waals surface area contributed by atoms with Crippen LogP contribution in [-0.4, -0.2) is 21.9 Å². The van der Waals surface area contributed by atoms with Crippen LogP contribution >= 0.6 is 23.1 Å². The highest BCUT2D eigenvalue weighted by Crippen LogP contribution is 2.26. The van der Waals surface area contributed by atoms with Crippen LogP contribution in [0.4, 0.5) is 0 Å². The summed E-state index contributed by atoms with van der Waals surface area (Å²) < 4.78 is 0.970. The predicted octanol–water partition coefficient (Wildman–Crippen LogP) is 2.48. The number of rotatable bonds is 3. The second-order valence-corrected chi connectivity index (χ2v) is 5.90. The maximum atomic E-state index is 8.73. The molecule has 92 valence electrons. The van der Waals surface area contributed by atoms with Crippen molar-refractivity contribution in [2.45, 2.75) is 17.0 Å². The molecule has 0 radical (unpaired) electrons. The molecular formula is C13H12N2OS2. The second-order valence-electron chi connectivity index (χ2n) is 3.49. The molecule has 1 aromatic carbocycles. The van der Waals surface area contributed by atoms with Crippen molar-refractivity contribution in [1.29, 1.82) is 0 Å². The van der Waals surface area contributed by atoms with Gasteiger partial charge in [-0.25, -0.2) is 0 Å². The minimum Gasteiger partial charge on any atom is -0.384 e. The van der Waals surface area contributed by atoms with Gasteiger partial charge in [0.1, 0.15) is 11.6 Å². The van der Waals surface area contributed by atoms with E-state index in [1.54, 1.807) is 23.1 Å². The lowest BCUT2D eigenvalue weighted by Gasteiger charge is -2.02. The van der Waals surface area contributed by atoms with Gasteiger partial charge < -0.3 is 5.11 Å². The minimum absolute atomic E-state index is 0.114.